The van der Waals surface area contributed by atoms with E-state index in [1.54, 1.807) is 6.07 Å². The van der Waals surface area contributed by atoms with Crippen LogP contribution in [0.15, 0.2) is 42.7 Å². The summed E-state index contributed by atoms with van der Waals surface area (Å²) in [6.07, 6.45) is 4.09. The minimum atomic E-state index is -1.19. The van der Waals surface area contributed by atoms with E-state index in [4.69, 9.17) is 0 Å². The Morgan fingerprint density at radius 2 is 1.93 bits per heavy atom. The fourth-order valence-corrected chi connectivity index (χ4v) is 3.73. The van der Waals surface area contributed by atoms with Crippen LogP contribution in [0.2, 0.25) is 0 Å². The van der Waals surface area contributed by atoms with Crippen LogP contribution in [-0.2, 0) is 17.6 Å². The lowest BCUT2D eigenvalue weighted by Crippen LogP contribution is -2.29. The third-order valence-corrected chi connectivity index (χ3v) is 5.48. The van der Waals surface area contributed by atoms with Crippen LogP contribution in [-0.4, -0.2) is 32.6 Å². The van der Waals surface area contributed by atoms with Gasteiger partial charge in [0.15, 0.2) is 0 Å². The highest BCUT2D eigenvalue weighted by Gasteiger charge is 2.48. The van der Waals surface area contributed by atoms with E-state index < -0.39 is 5.60 Å². The van der Waals surface area contributed by atoms with Crippen molar-refractivity contribution >= 4 is 28.3 Å². The molecule has 6 nitrogen and oxygen atoms in total. The van der Waals surface area contributed by atoms with Gasteiger partial charge in [-0.05, 0) is 67.1 Å². The lowest BCUT2D eigenvalue weighted by atomic mass is 10.1. The van der Waals surface area contributed by atoms with Gasteiger partial charge in [0.2, 0.25) is 0 Å². The van der Waals surface area contributed by atoms with Crippen molar-refractivity contribution in [3.8, 4) is 0 Å². The molecule has 0 spiro atoms. The number of aliphatic hydroxyl groups is 1. The Hall–Kier alpha value is -3.06. The van der Waals surface area contributed by atoms with Crippen molar-refractivity contribution in [1.82, 2.24) is 9.97 Å². The van der Waals surface area contributed by atoms with Gasteiger partial charge in [0.25, 0.3) is 5.91 Å². The molecule has 1 unspecified atom stereocenters. The number of anilines is 2. The average Bonchev–Trinajstić information content (AvgIpc) is 3.31. The van der Waals surface area contributed by atoms with E-state index in [-0.39, 0.29) is 17.8 Å². The molecule has 2 aliphatic rings. The van der Waals surface area contributed by atoms with E-state index in [1.807, 2.05) is 18.2 Å². The molecule has 1 fully saturated rings. The highest BCUT2D eigenvalue weighted by molar-refractivity contribution is 5.99. The number of rotatable bonds is 4. The first kappa shape index (κ1) is 17.1. The second-order valence-corrected chi connectivity index (χ2v) is 7.60. The maximum absolute atomic E-state index is 13.6. The molecule has 1 atom stereocenters. The Kier molecular flexibility index (Phi) is 3.80. The number of benzene rings is 2. The Balaban J connectivity index is 1.33. The predicted molar refractivity (Wildman–Crippen MR) is 104 cm³/mol. The number of fused-ring (bicyclic) bond motifs is 2. The molecule has 2 aliphatic carbocycles. The lowest BCUT2D eigenvalue weighted by Gasteiger charge is -2.14. The molecule has 1 heterocycles. The maximum Gasteiger partial charge on any atom is 0.256 e. The van der Waals surface area contributed by atoms with Crippen molar-refractivity contribution in [3.05, 3.63) is 59.7 Å². The predicted octanol–water partition coefficient (Wildman–Crippen LogP) is 2.81. The maximum atomic E-state index is 13.6. The number of hydrogen-bond donors (Lipinski definition) is 3. The summed E-state index contributed by atoms with van der Waals surface area (Å²) in [6.45, 7) is 0. The van der Waals surface area contributed by atoms with E-state index >= 15 is 0 Å². The molecule has 1 saturated carbocycles. The minimum absolute atomic E-state index is 0.120. The van der Waals surface area contributed by atoms with Gasteiger partial charge in [-0.3, -0.25) is 4.79 Å². The summed E-state index contributed by atoms with van der Waals surface area (Å²) >= 11 is 0. The standard InChI is InChI=1S/C21H19FN4O2/c22-14-2-4-18-17(10-14)19(24-11-23-18)25-16-7-12-1-3-15(8-13(12)9-16)26-20(27)21(28)5-6-21/h1-4,8,10-11,16,28H,5-7,9H2,(H,26,27)(H,23,24,25). The summed E-state index contributed by atoms with van der Waals surface area (Å²) in [5.41, 5.74) is 2.54. The zero-order valence-corrected chi connectivity index (χ0v) is 15.1. The van der Waals surface area contributed by atoms with Gasteiger partial charge in [0.05, 0.1) is 5.52 Å². The van der Waals surface area contributed by atoms with Crippen molar-refractivity contribution < 1.29 is 14.3 Å². The first-order valence-electron chi connectivity index (χ1n) is 9.33. The Bertz CT molecular complexity index is 1100. The molecule has 28 heavy (non-hydrogen) atoms. The van der Waals surface area contributed by atoms with E-state index in [2.05, 4.69) is 20.6 Å². The highest BCUT2D eigenvalue weighted by atomic mass is 19.1. The summed E-state index contributed by atoms with van der Waals surface area (Å²) in [4.78, 5) is 20.5. The van der Waals surface area contributed by atoms with Crippen LogP contribution < -0.4 is 10.6 Å². The second-order valence-electron chi connectivity index (χ2n) is 7.60. The van der Waals surface area contributed by atoms with Crippen LogP contribution in [0, 0.1) is 5.82 Å². The van der Waals surface area contributed by atoms with Gasteiger partial charge in [-0.15, -0.1) is 0 Å². The molecule has 3 aromatic rings. The Morgan fingerprint density at radius 1 is 1.11 bits per heavy atom. The van der Waals surface area contributed by atoms with Gasteiger partial charge in [-0.25, -0.2) is 14.4 Å². The third kappa shape index (κ3) is 3.07. The average molecular weight is 378 g/mol. The van der Waals surface area contributed by atoms with Crippen LogP contribution >= 0.6 is 0 Å². The van der Waals surface area contributed by atoms with Crippen LogP contribution in [0.25, 0.3) is 10.9 Å². The van der Waals surface area contributed by atoms with E-state index in [0.29, 0.717) is 35.2 Å². The molecule has 5 rings (SSSR count). The zero-order valence-electron chi connectivity index (χ0n) is 15.1. The van der Waals surface area contributed by atoms with E-state index in [9.17, 15) is 14.3 Å². The van der Waals surface area contributed by atoms with Crippen LogP contribution in [0.4, 0.5) is 15.9 Å². The van der Waals surface area contributed by atoms with Crippen molar-refractivity contribution in [2.45, 2.75) is 37.3 Å². The summed E-state index contributed by atoms with van der Waals surface area (Å²) in [6, 6.07) is 10.4. The third-order valence-electron chi connectivity index (χ3n) is 5.48. The number of aromatic nitrogens is 2. The molecule has 0 bridgehead atoms. The van der Waals surface area contributed by atoms with Gasteiger partial charge >= 0.3 is 0 Å². The van der Waals surface area contributed by atoms with Gasteiger partial charge in [-0.2, -0.15) is 0 Å². The van der Waals surface area contributed by atoms with Gasteiger partial charge in [-0.1, -0.05) is 6.07 Å². The van der Waals surface area contributed by atoms with E-state index in [1.165, 1.54) is 24.0 Å². The molecule has 3 N–H and O–H groups in total. The van der Waals surface area contributed by atoms with Gasteiger partial charge in [0, 0.05) is 17.1 Å². The molecule has 0 radical (unpaired) electrons. The zero-order chi connectivity index (χ0) is 19.3. The summed E-state index contributed by atoms with van der Waals surface area (Å²) in [5, 5.41) is 16.8. The van der Waals surface area contributed by atoms with Gasteiger partial charge < -0.3 is 15.7 Å². The summed E-state index contributed by atoms with van der Waals surface area (Å²) < 4.78 is 13.6. The van der Waals surface area contributed by atoms with Gasteiger partial charge in [0.1, 0.15) is 23.6 Å². The molecule has 0 aliphatic heterocycles. The monoisotopic (exact) mass is 378 g/mol. The first-order chi connectivity index (χ1) is 13.5. The number of amides is 1. The Morgan fingerprint density at radius 3 is 2.75 bits per heavy atom. The number of carbonyl (C=O) groups is 1. The topological polar surface area (TPSA) is 87.1 Å². The van der Waals surface area contributed by atoms with Crippen LogP contribution in [0.5, 0.6) is 0 Å². The van der Waals surface area contributed by atoms with Crippen LogP contribution in [0.3, 0.4) is 0 Å². The molecule has 1 amide bonds. The molecule has 7 heteroatoms. The largest absolute Gasteiger partial charge is 0.380 e. The smallest absolute Gasteiger partial charge is 0.256 e. The fraction of sp³-hybridized carbons (Fsp3) is 0.286. The molecular weight excluding hydrogens is 359 g/mol. The Labute approximate surface area is 160 Å². The SMILES string of the molecule is O=C(Nc1ccc2c(c1)CC(Nc1ncnc3ccc(F)cc13)C2)C1(O)CC1. The number of halogens is 1. The number of hydrogen-bond acceptors (Lipinski definition) is 5. The number of nitrogens with one attached hydrogen (secondary N) is 2. The number of nitrogens with zero attached hydrogens (tertiary/aromatic N) is 2. The van der Waals surface area contributed by atoms with Crippen molar-refractivity contribution in [3.63, 3.8) is 0 Å². The number of carbonyl (C=O) groups excluding carboxylic acids is 1. The molecule has 142 valence electrons. The molecule has 1 aromatic heterocycles. The lowest BCUT2D eigenvalue weighted by molar-refractivity contribution is -0.125. The second kappa shape index (κ2) is 6.24. The summed E-state index contributed by atoms with van der Waals surface area (Å²) in [7, 11) is 0. The van der Waals surface area contributed by atoms with E-state index in [0.717, 1.165) is 18.4 Å². The minimum Gasteiger partial charge on any atom is -0.380 e. The highest BCUT2D eigenvalue weighted by Crippen LogP contribution is 2.36. The molecule has 2 aromatic carbocycles. The van der Waals surface area contributed by atoms with Crippen molar-refractivity contribution in [2.24, 2.45) is 0 Å². The first-order valence-corrected chi connectivity index (χ1v) is 9.33. The normalized spacial score (nSPS) is 19.3. The van der Waals surface area contributed by atoms with Crippen molar-refractivity contribution in [1.29, 1.82) is 0 Å². The molecular formula is C21H19FN4O2. The van der Waals surface area contributed by atoms with Crippen molar-refractivity contribution in [2.75, 3.05) is 10.6 Å². The quantitative estimate of drug-likeness (QED) is 0.650. The fourth-order valence-electron chi connectivity index (χ4n) is 3.73. The summed E-state index contributed by atoms with van der Waals surface area (Å²) in [5.74, 6) is -0.0425. The molecule has 0 saturated heterocycles. The van der Waals surface area contributed by atoms with Crippen LogP contribution in [0.1, 0.15) is 24.0 Å².